The van der Waals surface area contributed by atoms with Gasteiger partial charge in [0, 0.05) is 13.6 Å². The van der Waals surface area contributed by atoms with Crippen LogP contribution in [0.15, 0.2) is 18.2 Å². The molecular formula is C12H18N2O4. The normalized spacial score (nSPS) is 9.78. The van der Waals surface area contributed by atoms with Crippen LogP contribution in [-0.4, -0.2) is 44.1 Å². The highest BCUT2D eigenvalue weighted by molar-refractivity contribution is 5.72. The number of amides is 2. The number of ether oxygens (including phenoxy) is 2. The van der Waals surface area contributed by atoms with E-state index in [0.717, 1.165) is 5.56 Å². The van der Waals surface area contributed by atoms with Crippen molar-refractivity contribution >= 4 is 6.03 Å². The summed E-state index contributed by atoms with van der Waals surface area (Å²) in [6.45, 7) is 0.430. The highest BCUT2D eigenvalue weighted by atomic mass is 16.5. The molecule has 1 aromatic rings. The van der Waals surface area contributed by atoms with Crippen LogP contribution in [0.3, 0.4) is 0 Å². The zero-order valence-electron chi connectivity index (χ0n) is 10.8. The Bertz CT molecular complexity index is 407. The molecule has 2 amide bonds. The summed E-state index contributed by atoms with van der Waals surface area (Å²) in [6, 6.07) is 5.04. The number of urea groups is 1. The number of nitrogens with one attached hydrogen (secondary N) is 1. The van der Waals surface area contributed by atoms with Crippen LogP contribution in [0, 0.1) is 0 Å². The van der Waals surface area contributed by atoms with Crippen LogP contribution >= 0.6 is 0 Å². The number of hydrogen-bond donors (Lipinski definition) is 2. The first-order chi connectivity index (χ1) is 8.58. The summed E-state index contributed by atoms with van der Waals surface area (Å²) in [5.41, 5.74) is 1.01. The van der Waals surface area contributed by atoms with Gasteiger partial charge in [0.2, 0.25) is 0 Å². The lowest BCUT2D eigenvalue weighted by Crippen LogP contribution is -2.36. The largest absolute Gasteiger partial charge is 0.493 e. The Balaban J connectivity index is 2.55. The fourth-order valence-electron chi connectivity index (χ4n) is 1.46. The molecule has 6 heteroatoms. The Hall–Kier alpha value is -1.95. The summed E-state index contributed by atoms with van der Waals surface area (Å²) < 4.78 is 10.3. The average molecular weight is 254 g/mol. The van der Waals surface area contributed by atoms with Gasteiger partial charge in [0.05, 0.1) is 14.2 Å². The van der Waals surface area contributed by atoms with Gasteiger partial charge in [-0.2, -0.15) is 0 Å². The predicted molar refractivity (Wildman–Crippen MR) is 66.2 cm³/mol. The van der Waals surface area contributed by atoms with Gasteiger partial charge in [-0.25, -0.2) is 9.86 Å². The third-order valence-electron chi connectivity index (χ3n) is 2.43. The smallest absolute Gasteiger partial charge is 0.340 e. The van der Waals surface area contributed by atoms with Crippen molar-refractivity contribution in [2.45, 2.75) is 6.42 Å². The fourth-order valence-corrected chi connectivity index (χ4v) is 1.46. The lowest BCUT2D eigenvalue weighted by molar-refractivity contribution is -0.0181. The third-order valence-corrected chi connectivity index (χ3v) is 2.43. The molecular weight excluding hydrogens is 236 g/mol. The Morgan fingerprint density at radius 1 is 1.33 bits per heavy atom. The summed E-state index contributed by atoms with van der Waals surface area (Å²) in [7, 11) is 4.42. The molecule has 2 N–H and O–H groups in total. The van der Waals surface area contributed by atoms with Gasteiger partial charge in [0.1, 0.15) is 0 Å². The first-order valence-corrected chi connectivity index (χ1v) is 5.49. The molecule has 0 saturated carbocycles. The molecule has 0 aromatic heterocycles. The van der Waals surface area contributed by atoms with Crippen molar-refractivity contribution in [1.29, 1.82) is 0 Å². The molecule has 0 aliphatic heterocycles. The van der Waals surface area contributed by atoms with E-state index in [2.05, 4.69) is 5.32 Å². The Kier molecular flexibility index (Phi) is 5.26. The minimum Gasteiger partial charge on any atom is -0.493 e. The molecule has 0 heterocycles. The molecule has 0 fully saturated rings. The molecule has 18 heavy (non-hydrogen) atoms. The van der Waals surface area contributed by atoms with E-state index < -0.39 is 6.03 Å². The SMILES string of the molecule is COc1ccc(CCNC(=O)N(C)O)cc1OC. The van der Waals surface area contributed by atoms with E-state index in [9.17, 15) is 4.79 Å². The first kappa shape index (κ1) is 14.1. The van der Waals surface area contributed by atoms with Crippen LogP contribution in [0.5, 0.6) is 11.5 Å². The van der Waals surface area contributed by atoms with E-state index in [4.69, 9.17) is 14.7 Å². The van der Waals surface area contributed by atoms with Crippen molar-refractivity contribution in [2.24, 2.45) is 0 Å². The first-order valence-electron chi connectivity index (χ1n) is 5.49. The molecule has 0 spiro atoms. The van der Waals surface area contributed by atoms with Crippen molar-refractivity contribution in [2.75, 3.05) is 27.8 Å². The maximum Gasteiger partial charge on any atom is 0.340 e. The van der Waals surface area contributed by atoms with Gasteiger partial charge in [-0.1, -0.05) is 6.07 Å². The quantitative estimate of drug-likeness (QED) is 0.613. The van der Waals surface area contributed by atoms with Gasteiger partial charge in [-0.05, 0) is 24.1 Å². The van der Waals surface area contributed by atoms with Gasteiger partial charge in [-0.15, -0.1) is 0 Å². The number of hydrogen-bond acceptors (Lipinski definition) is 4. The Labute approximate surface area is 106 Å². The van der Waals surface area contributed by atoms with Crippen LogP contribution in [-0.2, 0) is 6.42 Å². The minimum atomic E-state index is -0.532. The number of carbonyl (C=O) groups is 1. The molecule has 0 radical (unpaired) electrons. The standard InChI is InChI=1S/C12H18N2O4/c1-14(16)12(15)13-7-6-9-4-5-10(17-2)11(8-9)18-3/h4-5,8,16H,6-7H2,1-3H3,(H,13,15). The molecule has 0 saturated heterocycles. The van der Waals surface area contributed by atoms with Crippen molar-refractivity contribution in [3.63, 3.8) is 0 Å². The lowest BCUT2D eigenvalue weighted by Gasteiger charge is -2.11. The van der Waals surface area contributed by atoms with Crippen LogP contribution in [0.25, 0.3) is 0 Å². The van der Waals surface area contributed by atoms with Crippen LogP contribution < -0.4 is 14.8 Å². The van der Waals surface area contributed by atoms with Crippen molar-refractivity contribution in [1.82, 2.24) is 10.4 Å². The summed E-state index contributed by atoms with van der Waals surface area (Å²) >= 11 is 0. The lowest BCUT2D eigenvalue weighted by atomic mass is 10.1. The molecule has 0 bridgehead atoms. The zero-order chi connectivity index (χ0) is 13.5. The van der Waals surface area contributed by atoms with Gasteiger partial charge >= 0.3 is 6.03 Å². The summed E-state index contributed by atoms with van der Waals surface area (Å²) in [4.78, 5) is 11.1. The summed E-state index contributed by atoms with van der Waals surface area (Å²) in [5.74, 6) is 1.32. The van der Waals surface area contributed by atoms with E-state index in [1.807, 2.05) is 18.2 Å². The maximum absolute atomic E-state index is 11.1. The van der Waals surface area contributed by atoms with Crippen LogP contribution in [0.1, 0.15) is 5.56 Å². The fraction of sp³-hybridized carbons (Fsp3) is 0.417. The zero-order valence-corrected chi connectivity index (χ0v) is 10.8. The molecule has 100 valence electrons. The van der Waals surface area contributed by atoms with E-state index in [0.29, 0.717) is 29.5 Å². The van der Waals surface area contributed by atoms with Crippen molar-refractivity contribution in [3.05, 3.63) is 23.8 Å². The van der Waals surface area contributed by atoms with E-state index >= 15 is 0 Å². The highest BCUT2D eigenvalue weighted by Crippen LogP contribution is 2.27. The van der Waals surface area contributed by atoms with E-state index in [1.165, 1.54) is 7.05 Å². The second-order valence-electron chi connectivity index (χ2n) is 3.69. The second kappa shape index (κ2) is 6.70. The van der Waals surface area contributed by atoms with Crippen LogP contribution in [0.4, 0.5) is 4.79 Å². The number of hydroxylamine groups is 2. The maximum atomic E-state index is 11.1. The number of benzene rings is 1. The van der Waals surface area contributed by atoms with Gasteiger partial charge in [0.15, 0.2) is 11.5 Å². The Morgan fingerprint density at radius 2 is 2.00 bits per heavy atom. The minimum absolute atomic E-state index is 0.430. The summed E-state index contributed by atoms with van der Waals surface area (Å²) in [6.07, 6.45) is 0.639. The van der Waals surface area contributed by atoms with Gasteiger partial charge in [0.25, 0.3) is 0 Å². The van der Waals surface area contributed by atoms with Crippen LogP contribution in [0.2, 0.25) is 0 Å². The second-order valence-corrected chi connectivity index (χ2v) is 3.69. The molecule has 0 aliphatic carbocycles. The highest BCUT2D eigenvalue weighted by Gasteiger charge is 2.06. The third kappa shape index (κ3) is 3.81. The molecule has 6 nitrogen and oxygen atoms in total. The molecule has 1 aromatic carbocycles. The topological polar surface area (TPSA) is 71.0 Å². The number of rotatable bonds is 5. The van der Waals surface area contributed by atoms with E-state index in [-0.39, 0.29) is 0 Å². The van der Waals surface area contributed by atoms with E-state index in [1.54, 1.807) is 14.2 Å². The monoisotopic (exact) mass is 254 g/mol. The number of carbonyl (C=O) groups excluding carboxylic acids is 1. The molecule has 0 atom stereocenters. The Morgan fingerprint density at radius 3 is 2.56 bits per heavy atom. The van der Waals surface area contributed by atoms with Gasteiger partial charge in [-0.3, -0.25) is 5.21 Å². The van der Waals surface area contributed by atoms with Crippen molar-refractivity contribution in [3.8, 4) is 11.5 Å². The predicted octanol–water partition coefficient (Wildman–Crippen LogP) is 1.28. The number of nitrogens with zero attached hydrogens (tertiary/aromatic N) is 1. The van der Waals surface area contributed by atoms with Gasteiger partial charge < -0.3 is 14.8 Å². The molecule has 1 rings (SSSR count). The van der Waals surface area contributed by atoms with Crippen molar-refractivity contribution < 1.29 is 19.5 Å². The molecule has 0 aliphatic rings. The average Bonchev–Trinajstić information content (AvgIpc) is 2.38. The number of methoxy groups -OCH3 is 2. The molecule has 0 unspecified atom stereocenters. The summed E-state index contributed by atoms with van der Waals surface area (Å²) in [5, 5.41) is 11.9.